The van der Waals surface area contributed by atoms with Gasteiger partial charge in [0.05, 0.1) is 0 Å². The van der Waals surface area contributed by atoms with Crippen LogP contribution in [0.2, 0.25) is 0 Å². The zero-order valence-electron chi connectivity index (χ0n) is 15.6. The molecule has 5 heteroatoms. The molecule has 1 aromatic heterocycles. The molecular formula is C22H23N3O2. The number of nitrogens with one attached hydrogen (secondary N) is 1. The fourth-order valence-electron chi connectivity index (χ4n) is 3.67. The standard InChI is InChI=1S/C22H23N3O2/c1-24-12-11-18-13-17(7-9-20(18)24)15-3-5-16(6-4-15)22(27)23-19-8-10-21(26)25(2)14-19/h3-7,9,11-13,19H,8,10,14H2,1-2H3,(H,23,27)/t19-/m1/s1. The maximum Gasteiger partial charge on any atom is 0.251 e. The van der Waals surface area contributed by atoms with E-state index in [0.29, 0.717) is 24.9 Å². The Morgan fingerprint density at radius 1 is 1.04 bits per heavy atom. The van der Waals surface area contributed by atoms with E-state index in [-0.39, 0.29) is 17.9 Å². The van der Waals surface area contributed by atoms with Crippen LogP contribution in [0.1, 0.15) is 23.2 Å². The van der Waals surface area contributed by atoms with E-state index in [0.717, 1.165) is 11.1 Å². The average Bonchev–Trinajstić information content (AvgIpc) is 3.05. The molecule has 27 heavy (non-hydrogen) atoms. The van der Waals surface area contributed by atoms with Crippen LogP contribution < -0.4 is 5.32 Å². The summed E-state index contributed by atoms with van der Waals surface area (Å²) in [6.45, 7) is 0.569. The number of rotatable bonds is 3. The summed E-state index contributed by atoms with van der Waals surface area (Å²) in [7, 11) is 3.81. The van der Waals surface area contributed by atoms with Crippen LogP contribution in [-0.2, 0) is 11.8 Å². The molecule has 1 N–H and O–H groups in total. The van der Waals surface area contributed by atoms with Gasteiger partial charge >= 0.3 is 0 Å². The number of aromatic nitrogens is 1. The van der Waals surface area contributed by atoms with Crippen LogP contribution in [0.4, 0.5) is 0 Å². The molecule has 1 fully saturated rings. The quantitative estimate of drug-likeness (QED) is 0.779. The van der Waals surface area contributed by atoms with Gasteiger partial charge in [0.2, 0.25) is 5.91 Å². The van der Waals surface area contributed by atoms with Crippen LogP contribution >= 0.6 is 0 Å². The van der Waals surface area contributed by atoms with Crippen molar-refractivity contribution < 1.29 is 9.59 Å². The highest BCUT2D eigenvalue weighted by atomic mass is 16.2. The van der Waals surface area contributed by atoms with E-state index < -0.39 is 0 Å². The molecule has 138 valence electrons. The molecule has 3 aromatic rings. The monoisotopic (exact) mass is 361 g/mol. The first-order valence-electron chi connectivity index (χ1n) is 9.21. The van der Waals surface area contributed by atoms with Gasteiger partial charge < -0.3 is 14.8 Å². The topological polar surface area (TPSA) is 54.3 Å². The number of piperidine rings is 1. The normalized spacial score (nSPS) is 17.3. The van der Waals surface area contributed by atoms with E-state index >= 15 is 0 Å². The molecule has 4 rings (SSSR count). The third-order valence-corrected chi connectivity index (χ3v) is 5.33. The zero-order chi connectivity index (χ0) is 19.0. The number of hydrogen-bond acceptors (Lipinski definition) is 2. The van der Waals surface area contributed by atoms with Gasteiger partial charge in [-0.15, -0.1) is 0 Å². The summed E-state index contributed by atoms with van der Waals surface area (Å²) in [6.07, 6.45) is 3.24. The van der Waals surface area contributed by atoms with Crippen molar-refractivity contribution >= 4 is 22.7 Å². The number of carbonyl (C=O) groups is 2. The highest BCUT2D eigenvalue weighted by Crippen LogP contribution is 2.25. The molecule has 1 aliphatic heterocycles. The largest absolute Gasteiger partial charge is 0.351 e. The van der Waals surface area contributed by atoms with Gasteiger partial charge in [-0.05, 0) is 47.9 Å². The fraction of sp³-hybridized carbons (Fsp3) is 0.273. The molecule has 0 radical (unpaired) electrons. The van der Waals surface area contributed by atoms with Crippen molar-refractivity contribution in [3.05, 3.63) is 60.3 Å². The summed E-state index contributed by atoms with van der Waals surface area (Å²) in [5.74, 6) is 0.0491. The minimum atomic E-state index is -0.0900. The summed E-state index contributed by atoms with van der Waals surface area (Å²) in [6, 6.07) is 16.2. The molecule has 0 spiro atoms. The Balaban J connectivity index is 1.47. The first-order chi connectivity index (χ1) is 13.0. The second-order valence-electron chi connectivity index (χ2n) is 7.26. The highest BCUT2D eigenvalue weighted by molar-refractivity contribution is 5.95. The third kappa shape index (κ3) is 3.45. The second kappa shape index (κ2) is 6.91. The average molecular weight is 361 g/mol. The summed E-state index contributed by atoms with van der Waals surface area (Å²) in [5.41, 5.74) is 4.05. The van der Waals surface area contributed by atoms with E-state index in [2.05, 4.69) is 40.3 Å². The molecule has 2 heterocycles. The minimum absolute atomic E-state index is 0.0142. The molecule has 1 aliphatic rings. The first-order valence-corrected chi connectivity index (χ1v) is 9.21. The number of amides is 2. The molecular weight excluding hydrogens is 338 g/mol. The summed E-state index contributed by atoms with van der Waals surface area (Å²) >= 11 is 0. The van der Waals surface area contributed by atoms with E-state index in [1.165, 1.54) is 10.9 Å². The number of nitrogens with zero attached hydrogens (tertiary/aromatic N) is 2. The van der Waals surface area contributed by atoms with Crippen LogP contribution in [0.15, 0.2) is 54.7 Å². The lowest BCUT2D eigenvalue weighted by Crippen LogP contribution is -2.48. The maximum atomic E-state index is 12.5. The number of likely N-dealkylation sites (N-methyl/N-ethyl adjacent to an activating group) is 1. The van der Waals surface area contributed by atoms with Gasteiger partial charge in [0.15, 0.2) is 0 Å². The fourth-order valence-corrected chi connectivity index (χ4v) is 3.67. The molecule has 2 aromatic carbocycles. The summed E-state index contributed by atoms with van der Waals surface area (Å²) in [5, 5.41) is 4.24. The number of carbonyl (C=O) groups excluding carboxylic acids is 2. The lowest BCUT2D eigenvalue weighted by molar-refractivity contribution is -0.132. The van der Waals surface area contributed by atoms with Crippen molar-refractivity contribution in [2.24, 2.45) is 7.05 Å². The van der Waals surface area contributed by atoms with E-state index in [1.54, 1.807) is 11.9 Å². The number of aryl methyl sites for hydroxylation is 1. The molecule has 0 saturated carbocycles. The highest BCUT2D eigenvalue weighted by Gasteiger charge is 2.24. The van der Waals surface area contributed by atoms with Crippen LogP contribution in [0.3, 0.4) is 0 Å². The summed E-state index contributed by atoms with van der Waals surface area (Å²) < 4.78 is 2.10. The van der Waals surface area contributed by atoms with E-state index in [4.69, 9.17) is 0 Å². The second-order valence-corrected chi connectivity index (χ2v) is 7.26. The third-order valence-electron chi connectivity index (χ3n) is 5.33. The van der Waals surface area contributed by atoms with Gasteiger partial charge in [-0.25, -0.2) is 0 Å². The number of hydrogen-bond donors (Lipinski definition) is 1. The molecule has 1 atom stereocenters. The predicted molar refractivity (Wildman–Crippen MR) is 106 cm³/mol. The molecule has 2 amide bonds. The minimum Gasteiger partial charge on any atom is -0.351 e. The SMILES string of the molecule is CN1C[C@H](NC(=O)c2ccc(-c3ccc4c(ccn4C)c3)cc2)CCC1=O. The lowest BCUT2D eigenvalue weighted by Gasteiger charge is -2.30. The predicted octanol–water partition coefficient (Wildman–Crippen LogP) is 3.20. The van der Waals surface area contributed by atoms with E-state index in [1.807, 2.05) is 31.3 Å². The van der Waals surface area contributed by atoms with Crippen molar-refractivity contribution in [1.82, 2.24) is 14.8 Å². The van der Waals surface area contributed by atoms with Gasteiger partial charge in [0, 0.05) is 55.8 Å². The Labute approximate surface area is 158 Å². The van der Waals surface area contributed by atoms with Crippen LogP contribution in [0.25, 0.3) is 22.0 Å². The van der Waals surface area contributed by atoms with Gasteiger partial charge in [0.1, 0.15) is 0 Å². The maximum absolute atomic E-state index is 12.5. The van der Waals surface area contributed by atoms with Crippen LogP contribution in [-0.4, -0.2) is 40.9 Å². The smallest absolute Gasteiger partial charge is 0.251 e. The van der Waals surface area contributed by atoms with Crippen molar-refractivity contribution in [2.75, 3.05) is 13.6 Å². The van der Waals surface area contributed by atoms with Crippen molar-refractivity contribution in [3.63, 3.8) is 0 Å². The van der Waals surface area contributed by atoms with Crippen LogP contribution in [0, 0.1) is 0 Å². The Hall–Kier alpha value is -3.08. The molecule has 0 aliphatic carbocycles. The van der Waals surface area contributed by atoms with Crippen molar-refractivity contribution in [3.8, 4) is 11.1 Å². The van der Waals surface area contributed by atoms with Crippen molar-refractivity contribution in [1.29, 1.82) is 0 Å². The lowest BCUT2D eigenvalue weighted by atomic mass is 10.0. The first kappa shape index (κ1) is 17.3. The van der Waals surface area contributed by atoms with Crippen molar-refractivity contribution in [2.45, 2.75) is 18.9 Å². The number of benzene rings is 2. The number of fused-ring (bicyclic) bond motifs is 1. The zero-order valence-corrected chi connectivity index (χ0v) is 15.6. The molecule has 0 bridgehead atoms. The Morgan fingerprint density at radius 2 is 1.78 bits per heavy atom. The molecule has 1 saturated heterocycles. The van der Waals surface area contributed by atoms with Crippen LogP contribution in [0.5, 0.6) is 0 Å². The number of likely N-dealkylation sites (tertiary alicyclic amines) is 1. The van der Waals surface area contributed by atoms with Gasteiger partial charge in [-0.3, -0.25) is 9.59 Å². The Kier molecular flexibility index (Phi) is 4.44. The van der Waals surface area contributed by atoms with Gasteiger partial charge in [-0.1, -0.05) is 18.2 Å². The molecule has 5 nitrogen and oxygen atoms in total. The Morgan fingerprint density at radius 3 is 2.52 bits per heavy atom. The summed E-state index contributed by atoms with van der Waals surface area (Å²) in [4.78, 5) is 25.7. The van der Waals surface area contributed by atoms with E-state index in [9.17, 15) is 9.59 Å². The Bertz CT molecular complexity index is 1000. The molecule has 0 unspecified atom stereocenters. The van der Waals surface area contributed by atoms with Gasteiger partial charge in [-0.2, -0.15) is 0 Å². The van der Waals surface area contributed by atoms with Gasteiger partial charge in [0.25, 0.3) is 5.91 Å².